The van der Waals surface area contributed by atoms with Crippen LogP contribution in [0.15, 0.2) is 0 Å². The minimum absolute atomic E-state index is 0. The first kappa shape index (κ1) is 19.1. The highest BCUT2D eigenvalue weighted by atomic mass is 79.9. The normalized spacial score (nSPS) is 11.2. The van der Waals surface area contributed by atoms with Gasteiger partial charge in [0.15, 0.2) is 0 Å². The van der Waals surface area contributed by atoms with Crippen LogP contribution >= 0.6 is 11.6 Å². The molecular formula is C13H29BrClN. The van der Waals surface area contributed by atoms with Crippen LogP contribution < -0.4 is 17.0 Å². The quantitative estimate of drug-likeness (QED) is 0.321. The summed E-state index contributed by atoms with van der Waals surface area (Å²) in [5.41, 5.74) is 0. The molecule has 0 aliphatic rings. The van der Waals surface area contributed by atoms with Crippen molar-refractivity contribution in [2.24, 2.45) is 0 Å². The van der Waals surface area contributed by atoms with Crippen molar-refractivity contribution in [2.75, 3.05) is 33.1 Å². The molecule has 0 bridgehead atoms. The highest BCUT2D eigenvalue weighted by molar-refractivity contribution is 6.17. The predicted octanol–water partition coefficient (Wildman–Crippen LogP) is 1.06. The third kappa shape index (κ3) is 12.8. The molecule has 0 amide bonds. The van der Waals surface area contributed by atoms with Crippen LogP contribution in [0.4, 0.5) is 0 Å². The monoisotopic (exact) mass is 313 g/mol. The number of hydrogen-bond acceptors (Lipinski definition) is 0. The first-order valence-electron chi connectivity index (χ1n) is 6.50. The van der Waals surface area contributed by atoms with Gasteiger partial charge >= 0.3 is 0 Å². The van der Waals surface area contributed by atoms with E-state index in [4.69, 9.17) is 11.6 Å². The Morgan fingerprint density at radius 2 is 1.31 bits per heavy atom. The first-order valence-corrected chi connectivity index (χ1v) is 7.04. The summed E-state index contributed by atoms with van der Waals surface area (Å²) in [5.74, 6) is 0.816. The van der Waals surface area contributed by atoms with E-state index in [0.717, 1.165) is 5.88 Å². The summed E-state index contributed by atoms with van der Waals surface area (Å²) in [6, 6.07) is 0. The van der Waals surface area contributed by atoms with Crippen molar-refractivity contribution < 1.29 is 21.5 Å². The molecule has 0 saturated heterocycles. The number of hydrogen-bond donors (Lipinski definition) is 0. The average Bonchev–Trinajstić information content (AvgIpc) is 2.17. The Hall–Kier alpha value is 0.730. The standard InChI is InChI=1S/C13H29ClN.BrH/c1-4-5-6-7-9-12-15(2,3)13-10-8-11-14;/h4-13H2,1-3H3;1H/q+1;/p-1. The van der Waals surface area contributed by atoms with Gasteiger partial charge in [-0.1, -0.05) is 26.2 Å². The average molecular weight is 315 g/mol. The second-order valence-corrected chi connectivity index (χ2v) is 5.57. The maximum atomic E-state index is 5.68. The lowest BCUT2D eigenvalue weighted by atomic mass is 10.1. The van der Waals surface area contributed by atoms with Crippen LogP contribution in [0.25, 0.3) is 0 Å². The second kappa shape index (κ2) is 12.2. The number of quaternary nitrogens is 1. The third-order valence-electron chi connectivity index (χ3n) is 3.01. The molecule has 0 aliphatic heterocycles. The van der Waals surface area contributed by atoms with Gasteiger partial charge in [0.1, 0.15) is 0 Å². The Kier molecular flexibility index (Phi) is 14.5. The Morgan fingerprint density at radius 1 is 0.812 bits per heavy atom. The Balaban J connectivity index is 0. The molecule has 0 unspecified atom stereocenters. The van der Waals surface area contributed by atoms with Crippen LogP contribution in [0, 0.1) is 0 Å². The molecule has 0 aromatic heterocycles. The van der Waals surface area contributed by atoms with Crippen molar-refractivity contribution in [3.05, 3.63) is 0 Å². The van der Waals surface area contributed by atoms with E-state index in [1.54, 1.807) is 0 Å². The fourth-order valence-electron chi connectivity index (χ4n) is 1.89. The Labute approximate surface area is 118 Å². The van der Waals surface area contributed by atoms with Crippen LogP contribution in [-0.2, 0) is 0 Å². The lowest BCUT2D eigenvalue weighted by molar-refractivity contribution is -0.890. The van der Waals surface area contributed by atoms with Crippen molar-refractivity contribution >= 4 is 11.6 Å². The first-order chi connectivity index (χ1) is 7.12. The van der Waals surface area contributed by atoms with Crippen LogP contribution in [0.1, 0.15) is 51.9 Å². The lowest BCUT2D eigenvalue weighted by Gasteiger charge is -2.29. The van der Waals surface area contributed by atoms with E-state index >= 15 is 0 Å². The molecule has 0 spiro atoms. The molecule has 0 rings (SSSR count). The van der Waals surface area contributed by atoms with Gasteiger partial charge in [0.05, 0.1) is 27.2 Å². The van der Waals surface area contributed by atoms with Crippen LogP contribution in [0.3, 0.4) is 0 Å². The number of alkyl halides is 1. The van der Waals surface area contributed by atoms with Gasteiger partial charge in [0.2, 0.25) is 0 Å². The van der Waals surface area contributed by atoms with Gasteiger partial charge in [0, 0.05) is 5.88 Å². The van der Waals surface area contributed by atoms with Crippen molar-refractivity contribution in [1.29, 1.82) is 0 Å². The SMILES string of the molecule is CCCCCCC[N+](C)(C)CCCCCl.[Br-]. The zero-order valence-corrected chi connectivity index (χ0v) is 13.6. The summed E-state index contributed by atoms with van der Waals surface area (Å²) in [4.78, 5) is 0. The molecule has 0 aromatic rings. The molecule has 0 aliphatic carbocycles. The highest BCUT2D eigenvalue weighted by Crippen LogP contribution is 2.08. The van der Waals surface area contributed by atoms with Crippen LogP contribution in [-0.4, -0.2) is 37.5 Å². The van der Waals surface area contributed by atoms with Crippen molar-refractivity contribution in [3.63, 3.8) is 0 Å². The van der Waals surface area contributed by atoms with E-state index < -0.39 is 0 Å². The summed E-state index contributed by atoms with van der Waals surface area (Å²) in [5, 5.41) is 0. The minimum atomic E-state index is 0. The molecule has 0 aromatic carbocycles. The maximum Gasteiger partial charge on any atom is 0.0782 e. The van der Waals surface area contributed by atoms with Crippen LogP contribution in [0.2, 0.25) is 0 Å². The summed E-state index contributed by atoms with van der Waals surface area (Å²) in [6.07, 6.45) is 9.38. The molecule has 0 atom stereocenters. The number of halogens is 2. The van der Waals surface area contributed by atoms with Crippen molar-refractivity contribution in [2.45, 2.75) is 51.9 Å². The summed E-state index contributed by atoms with van der Waals surface area (Å²) in [6.45, 7) is 4.87. The molecule has 0 fully saturated rings. The predicted molar refractivity (Wildman–Crippen MR) is 70.6 cm³/mol. The molecule has 100 valence electrons. The van der Waals surface area contributed by atoms with E-state index in [9.17, 15) is 0 Å². The zero-order chi connectivity index (χ0) is 11.6. The minimum Gasteiger partial charge on any atom is -1.00 e. The molecule has 0 heterocycles. The van der Waals surface area contributed by atoms with Gasteiger partial charge in [-0.25, -0.2) is 0 Å². The molecule has 3 heteroatoms. The van der Waals surface area contributed by atoms with Crippen molar-refractivity contribution in [3.8, 4) is 0 Å². The molecule has 0 saturated carbocycles. The Morgan fingerprint density at radius 3 is 1.81 bits per heavy atom. The maximum absolute atomic E-state index is 5.68. The molecule has 0 N–H and O–H groups in total. The number of nitrogens with zero attached hydrogens (tertiary/aromatic N) is 1. The van der Waals surface area contributed by atoms with Crippen molar-refractivity contribution in [1.82, 2.24) is 0 Å². The fraction of sp³-hybridized carbons (Fsp3) is 1.00. The third-order valence-corrected chi connectivity index (χ3v) is 3.28. The number of unbranched alkanes of at least 4 members (excludes halogenated alkanes) is 5. The largest absolute Gasteiger partial charge is 1.00 e. The Bertz CT molecular complexity index is 140. The summed E-state index contributed by atoms with van der Waals surface area (Å²) < 4.78 is 1.17. The molecule has 1 nitrogen and oxygen atoms in total. The van der Waals surface area contributed by atoms with E-state index in [2.05, 4.69) is 21.0 Å². The van der Waals surface area contributed by atoms with Gasteiger partial charge in [0.25, 0.3) is 0 Å². The van der Waals surface area contributed by atoms with Gasteiger partial charge in [-0.15, -0.1) is 11.6 Å². The van der Waals surface area contributed by atoms with Gasteiger partial charge in [-0.3, -0.25) is 0 Å². The lowest BCUT2D eigenvalue weighted by Crippen LogP contribution is -3.00. The molecule has 0 radical (unpaired) electrons. The smallest absolute Gasteiger partial charge is 0.0782 e. The van der Waals surface area contributed by atoms with E-state index in [0.29, 0.717) is 0 Å². The van der Waals surface area contributed by atoms with E-state index in [-0.39, 0.29) is 17.0 Å². The number of rotatable bonds is 10. The zero-order valence-electron chi connectivity index (χ0n) is 11.3. The topological polar surface area (TPSA) is 0 Å². The van der Waals surface area contributed by atoms with Gasteiger partial charge < -0.3 is 21.5 Å². The summed E-state index contributed by atoms with van der Waals surface area (Å²) in [7, 11) is 4.68. The van der Waals surface area contributed by atoms with Crippen LogP contribution in [0.5, 0.6) is 0 Å². The van der Waals surface area contributed by atoms with E-state index in [1.165, 1.54) is 62.5 Å². The summed E-state index contributed by atoms with van der Waals surface area (Å²) >= 11 is 5.68. The van der Waals surface area contributed by atoms with Gasteiger partial charge in [-0.2, -0.15) is 0 Å². The highest BCUT2D eigenvalue weighted by Gasteiger charge is 2.13. The molecular weight excluding hydrogens is 286 g/mol. The second-order valence-electron chi connectivity index (χ2n) is 5.19. The van der Waals surface area contributed by atoms with Gasteiger partial charge in [-0.05, 0) is 25.7 Å². The van der Waals surface area contributed by atoms with E-state index in [1.807, 2.05) is 0 Å². The fourth-order valence-corrected chi connectivity index (χ4v) is 2.08. The molecule has 16 heavy (non-hydrogen) atoms.